The van der Waals surface area contributed by atoms with E-state index in [9.17, 15) is 18.0 Å². The molecule has 1 aromatic heterocycles. The number of halogens is 4. The highest BCUT2D eigenvalue weighted by Crippen LogP contribution is 2.48. The minimum Gasteiger partial charge on any atom is -0.390 e. The second kappa shape index (κ2) is 6.54. The first-order valence-corrected chi connectivity index (χ1v) is 8.32. The van der Waals surface area contributed by atoms with Gasteiger partial charge in [0.1, 0.15) is 4.34 Å². The first-order chi connectivity index (χ1) is 11.8. The number of alkyl halides is 3. The van der Waals surface area contributed by atoms with Crippen LogP contribution in [0.15, 0.2) is 48.5 Å². The summed E-state index contributed by atoms with van der Waals surface area (Å²) in [5, 5.41) is 0.340. The highest BCUT2D eigenvalue weighted by Gasteiger charge is 2.31. The standard InChI is InChI=1S/C18H11ClF3NOS/c19-16-14(10-5-3-6-12(8-10)18(20,21)22)15(17(23)25-16)13-7-2-1-4-11(13)9-24/h1-9H,23H2. The lowest BCUT2D eigenvalue weighted by molar-refractivity contribution is -0.137. The fraction of sp³-hybridized carbons (Fsp3) is 0.0556. The van der Waals surface area contributed by atoms with E-state index in [4.69, 9.17) is 17.3 Å². The Morgan fingerprint density at radius 2 is 1.76 bits per heavy atom. The molecule has 0 fully saturated rings. The first kappa shape index (κ1) is 17.5. The summed E-state index contributed by atoms with van der Waals surface area (Å²) in [7, 11) is 0. The topological polar surface area (TPSA) is 43.1 Å². The molecule has 0 unspecified atom stereocenters. The van der Waals surface area contributed by atoms with Gasteiger partial charge < -0.3 is 5.73 Å². The highest BCUT2D eigenvalue weighted by molar-refractivity contribution is 7.21. The van der Waals surface area contributed by atoms with Gasteiger partial charge in [-0.05, 0) is 23.3 Å². The maximum absolute atomic E-state index is 13.0. The molecule has 2 nitrogen and oxygen atoms in total. The van der Waals surface area contributed by atoms with Crippen molar-refractivity contribution >= 4 is 34.2 Å². The van der Waals surface area contributed by atoms with Crippen LogP contribution in [0.5, 0.6) is 0 Å². The molecule has 0 amide bonds. The summed E-state index contributed by atoms with van der Waals surface area (Å²) in [5.41, 5.74) is 7.35. The summed E-state index contributed by atoms with van der Waals surface area (Å²) in [4.78, 5) is 11.3. The van der Waals surface area contributed by atoms with E-state index < -0.39 is 11.7 Å². The van der Waals surface area contributed by atoms with Gasteiger partial charge in [0, 0.05) is 16.7 Å². The zero-order valence-electron chi connectivity index (χ0n) is 12.6. The minimum atomic E-state index is -4.47. The number of thiophene rings is 1. The van der Waals surface area contributed by atoms with Crippen molar-refractivity contribution in [2.24, 2.45) is 0 Å². The molecule has 0 atom stereocenters. The van der Waals surface area contributed by atoms with Crippen LogP contribution in [0.4, 0.5) is 18.2 Å². The Morgan fingerprint density at radius 3 is 2.44 bits per heavy atom. The van der Waals surface area contributed by atoms with Crippen molar-refractivity contribution in [2.75, 3.05) is 5.73 Å². The number of hydrogen-bond donors (Lipinski definition) is 1. The number of nitrogen functional groups attached to an aromatic ring is 1. The SMILES string of the molecule is Nc1sc(Cl)c(-c2cccc(C(F)(F)F)c2)c1-c1ccccc1C=O. The Bertz CT molecular complexity index is 950. The predicted molar refractivity (Wildman–Crippen MR) is 95.0 cm³/mol. The number of carbonyl (C=O) groups excluding carboxylic acids is 1. The van der Waals surface area contributed by atoms with Crippen LogP contribution < -0.4 is 5.73 Å². The van der Waals surface area contributed by atoms with Crippen LogP contribution in [0.1, 0.15) is 15.9 Å². The molecule has 0 saturated heterocycles. The van der Waals surface area contributed by atoms with Crippen LogP contribution in [0.25, 0.3) is 22.3 Å². The fourth-order valence-corrected chi connectivity index (χ4v) is 3.91. The van der Waals surface area contributed by atoms with E-state index in [1.807, 2.05) is 0 Å². The third-order valence-corrected chi connectivity index (χ3v) is 4.96. The van der Waals surface area contributed by atoms with Crippen LogP contribution >= 0.6 is 22.9 Å². The Hall–Kier alpha value is -2.31. The van der Waals surface area contributed by atoms with Gasteiger partial charge in [-0.2, -0.15) is 13.2 Å². The van der Waals surface area contributed by atoms with Crippen LogP contribution in [-0.2, 0) is 6.18 Å². The summed E-state index contributed by atoms with van der Waals surface area (Å²) in [6, 6.07) is 11.6. The molecule has 0 aliphatic carbocycles. The van der Waals surface area contributed by atoms with Crippen molar-refractivity contribution in [1.29, 1.82) is 0 Å². The van der Waals surface area contributed by atoms with E-state index >= 15 is 0 Å². The van der Waals surface area contributed by atoms with E-state index in [1.54, 1.807) is 24.3 Å². The lowest BCUT2D eigenvalue weighted by Gasteiger charge is -2.12. The van der Waals surface area contributed by atoms with Crippen molar-refractivity contribution in [2.45, 2.75) is 6.18 Å². The van der Waals surface area contributed by atoms with Gasteiger partial charge in [0.25, 0.3) is 0 Å². The molecule has 0 radical (unpaired) electrons. The van der Waals surface area contributed by atoms with Gasteiger partial charge in [-0.15, -0.1) is 11.3 Å². The third-order valence-electron chi connectivity index (χ3n) is 3.73. The normalized spacial score (nSPS) is 11.5. The smallest absolute Gasteiger partial charge is 0.390 e. The number of nitrogens with two attached hydrogens (primary N) is 1. The molecule has 2 aromatic carbocycles. The van der Waals surface area contributed by atoms with Gasteiger partial charge in [0.05, 0.1) is 10.6 Å². The van der Waals surface area contributed by atoms with E-state index in [1.165, 1.54) is 12.1 Å². The molecule has 0 saturated carbocycles. The summed E-state index contributed by atoms with van der Waals surface area (Å²) >= 11 is 7.33. The van der Waals surface area contributed by atoms with Crippen molar-refractivity contribution in [3.63, 3.8) is 0 Å². The molecular formula is C18H11ClF3NOS. The molecule has 1 heterocycles. The monoisotopic (exact) mass is 381 g/mol. The maximum atomic E-state index is 13.0. The van der Waals surface area contributed by atoms with Gasteiger partial charge in [0.15, 0.2) is 6.29 Å². The second-order valence-electron chi connectivity index (χ2n) is 5.27. The zero-order chi connectivity index (χ0) is 18.2. The van der Waals surface area contributed by atoms with Gasteiger partial charge in [-0.3, -0.25) is 4.79 Å². The summed E-state index contributed by atoms with van der Waals surface area (Å²) < 4.78 is 39.4. The van der Waals surface area contributed by atoms with E-state index in [2.05, 4.69) is 0 Å². The van der Waals surface area contributed by atoms with Crippen LogP contribution in [0.3, 0.4) is 0 Å². The Kier molecular flexibility index (Phi) is 4.58. The van der Waals surface area contributed by atoms with Crippen LogP contribution in [0, 0.1) is 0 Å². The van der Waals surface area contributed by atoms with Gasteiger partial charge in [0.2, 0.25) is 0 Å². The molecule has 3 aromatic rings. The fourth-order valence-electron chi connectivity index (χ4n) is 2.62. The van der Waals surface area contributed by atoms with Gasteiger partial charge >= 0.3 is 6.18 Å². The quantitative estimate of drug-likeness (QED) is 0.553. The van der Waals surface area contributed by atoms with Gasteiger partial charge in [-0.25, -0.2) is 0 Å². The van der Waals surface area contributed by atoms with Crippen molar-refractivity contribution < 1.29 is 18.0 Å². The highest BCUT2D eigenvalue weighted by atomic mass is 35.5. The van der Waals surface area contributed by atoms with Crippen LogP contribution in [-0.4, -0.2) is 6.29 Å². The van der Waals surface area contributed by atoms with Crippen LogP contribution in [0.2, 0.25) is 4.34 Å². The molecule has 128 valence electrons. The first-order valence-electron chi connectivity index (χ1n) is 7.13. The molecule has 0 bridgehead atoms. The molecule has 0 aliphatic rings. The Morgan fingerprint density at radius 1 is 1.04 bits per heavy atom. The maximum Gasteiger partial charge on any atom is 0.416 e. The number of carbonyl (C=O) groups is 1. The molecule has 7 heteroatoms. The Labute approximate surface area is 150 Å². The van der Waals surface area contributed by atoms with E-state index in [0.717, 1.165) is 23.5 Å². The number of rotatable bonds is 3. The number of anilines is 1. The molecule has 25 heavy (non-hydrogen) atoms. The Balaban J connectivity index is 2.28. The average molecular weight is 382 g/mol. The molecule has 0 aliphatic heterocycles. The third kappa shape index (κ3) is 3.27. The number of benzene rings is 2. The lowest BCUT2D eigenvalue weighted by atomic mass is 9.94. The molecule has 0 spiro atoms. The lowest BCUT2D eigenvalue weighted by Crippen LogP contribution is -2.04. The molecular weight excluding hydrogens is 371 g/mol. The van der Waals surface area contributed by atoms with Crippen molar-refractivity contribution in [3.8, 4) is 22.3 Å². The largest absolute Gasteiger partial charge is 0.416 e. The van der Waals surface area contributed by atoms with E-state index in [-0.39, 0.29) is 4.34 Å². The number of hydrogen-bond acceptors (Lipinski definition) is 3. The van der Waals surface area contributed by atoms with E-state index in [0.29, 0.717) is 39.1 Å². The molecule has 2 N–H and O–H groups in total. The molecule has 3 rings (SSSR count). The zero-order valence-corrected chi connectivity index (χ0v) is 14.2. The predicted octanol–water partition coefficient (Wildman–Crippen LogP) is 6.15. The summed E-state index contributed by atoms with van der Waals surface area (Å²) in [6.45, 7) is 0. The summed E-state index contributed by atoms with van der Waals surface area (Å²) in [6.07, 6.45) is -3.79. The average Bonchev–Trinajstić information content (AvgIpc) is 2.88. The van der Waals surface area contributed by atoms with Crippen molar-refractivity contribution in [3.05, 3.63) is 64.0 Å². The number of aldehydes is 1. The second-order valence-corrected chi connectivity index (χ2v) is 6.93. The van der Waals surface area contributed by atoms with Crippen molar-refractivity contribution in [1.82, 2.24) is 0 Å². The minimum absolute atomic E-state index is 0.271. The van der Waals surface area contributed by atoms with Gasteiger partial charge in [-0.1, -0.05) is 48.0 Å². The summed E-state index contributed by atoms with van der Waals surface area (Å²) in [5.74, 6) is 0.